The summed E-state index contributed by atoms with van der Waals surface area (Å²) in [5.74, 6) is -2.22. The van der Waals surface area contributed by atoms with Crippen molar-refractivity contribution in [2.45, 2.75) is 0 Å². The van der Waals surface area contributed by atoms with Crippen molar-refractivity contribution in [1.82, 2.24) is 0 Å². The first-order chi connectivity index (χ1) is 5.02. The van der Waals surface area contributed by atoms with Crippen molar-refractivity contribution < 1.29 is 17.9 Å². The molecule has 0 unspecified atom stereocenters. The summed E-state index contributed by atoms with van der Waals surface area (Å²) in [5, 5.41) is 8.01. The second kappa shape index (κ2) is 3.93. The lowest BCUT2D eigenvalue weighted by atomic mass is 10.8. The summed E-state index contributed by atoms with van der Waals surface area (Å²) in [6.07, 6.45) is 0. The first-order valence-corrected chi connectivity index (χ1v) is 4.48. The lowest BCUT2D eigenvalue weighted by Crippen LogP contribution is -2.19. The highest BCUT2D eigenvalue weighted by molar-refractivity contribution is 7.92. The van der Waals surface area contributed by atoms with Crippen LogP contribution in [0.15, 0.2) is 0 Å². The van der Waals surface area contributed by atoms with Crippen molar-refractivity contribution >= 4 is 15.8 Å². The number of nitriles is 1. The molecule has 0 aromatic rings. The van der Waals surface area contributed by atoms with Crippen molar-refractivity contribution in [3.05, 3.63) is 0 Å². The van der Waals surface area contributed by atoms with Crippen LogP contribution in [0, 0.1) is 11.3 Å². The Morgan fingerprint density at radius 3 is 2.55 bits per heavy atom. The van der Waals surface area contributed by atoms with Crippen molar-refractivity contribution in [3.63, 3.8) is 0 Å². The molecule has 0 aromatic carbocycles. The van der Waals surface area contributed by atoms with Crippen LogP contribution in [0.5, 0.6) is 0 Å². The fraction of sp³-hybridized carbons (Fsp3) is 0.600. The highest BCUT2D eigenvalue weighted by Gasteiger charge is 2.15. The van der Waals surface area contributed by atoms with Gasteiger partial charge in [-0.2, -0.15) is 5.26 Å². The summed E-state index contributed by atoms with van der Waals surface area (Å²) in [7, 11) is -2.49. The van der Waals surface area contributed by atoms with Crippen LogP contribution < -0.4 is 0 Å². The molecule has 62 valence electrons. The van der Waals surface area contributed by atoms with Crippen LogP contribution in [-0.2, 0) is 19.4 Å². The van der Waals surface area contributed by atoms with E-state index in [1.54, 1.807) is 0 Å². The molecule has 0 amide bonds. The largest absolute Gasteiger partial charge is 0.468 e. The molecule has 0 aliphatic carbocycles. The highest BCUT2D eigenvalue weighted by Crippen LogP contribution is 1.89. The van der Waals surface area contributed by atoms with E-state index >= 15 is 0 Å². The van der Waals surface area contributed by atoms with E-state index in [1.807, 2.05) is 0 Å². The molecule has 0 spiro atoms. The second-order valence-electron chi connectivity index (χ2n) is 1.77. The molecule has 11 heavy (non-hydrogen) atoms. The number of rotatable bonds is 3. The van der Waals surface area contributed by atoms with Gasteiger partial charge in [-0.1, -0.05) is 0 Å². The normalized spacial score (nSPS) is 10.2. The second-order valence-corrected chi connectivity index (χ2v) is 3.83. The predicted octanol–water partition coefficient (Wildman–Crippen LogP) is -0.902. The van der Waals surface area contributed by atoms with Gasteiger partial charge in [-0.15, -0.1) is 0 Å². The minimum Gasteiger partial charge on any atom is -0.468 e. The van der Waals surface area contributed by atoms with E-state index in [0.29, 0.717) is 0 Å². The summed E-state index contributed by atoms with van der Waals surface area (Å²) in [6, 6.07) is 1.44. The molecule has 5 nitrogen and oxygen atoms in total. The van der Waals surface area contributed by atoms with Crippen LogP contribution in [-0.4, -0.2) is 33.0 Å². The maximum atomic E-state index is 10.7. The van der Waals surface area contributed by atoms with Gasteiger partial charge in [-0.3, -0.25) is 4.79 Å². The molecule has 0 radical (unpaired) electrons. The number of sulfone groups is 1. The average molecular weight is 177 g/mol. The van der Waals surface area contributed by atoms with Gasteiger partial charge in [0.15, 0.2) is 9.84 Å². The SMILES string of the molecule is COC(=O)CS(=O)(=O)CC#N. The van der Waals surface area contributed by atoms with Crippen LogP contribution >= 0.6 is 0 Å². The Labute approximate surface area is 64.5 Å². The summed E-state index contributed by atoms with van der Waals surface area (Å²) in [6.45, 7) is 0. The molecule has 0 rings (SSSR count). The van der Waals surface area contributed by atoms with Crippen LogP contribution in [0.1, 0.15) is 0 Å². The third kappa shape index (κ3) is 4.33. The Bertz CT molecular complexity index is 273. The number of hydrogen-bond donors (Lipinski definition) is 0. The van der Waals surface area contributed by atoms with Gasteiger partial charge in [0.25, 0.3) is 0 Å². The molecular weight excluding hydrogens is 170 g/mol. The fourth-order valence-electron chi connectivity index (χ4n) is 0.388. The Kier molecular flexibility index (Phi) is 3.54. The molecule has 0 aliphatic heterocycles. The van der Waals surface area contributed by atoms with E-state index in [2.05, 4.69) is 4.74 Å². The first kappa shape index (κ1) is 9.91. The number of hydrogen-bond acceptors (Lipinski definition) is 5. The Balaban J connectivity index is 4.17. The number of nitrogens with zero attached hydrogens (tertiary/aromatic N) is 1. The van der Waals surface area contributed by atoms with Gasteiger partial charge >= 0.3 is 5.97 Å². The Hall–Kier alpha value is -1.09. The maximum Gasteiger partial charge on any atom is 0.320 e. The van der Waals surface area contributed by atoms with E-state index in [9.17, 15) is 13.2 Å². The zero-order chi connectivity index (χ0) is 8.91. The van der Waals surface area contributed by atoms with Crippen LogP contribution in [0.2, 0.25) is 0 Å². The average Bonchev–Trinajstić information content (AvgIpc) is 1.86. The van der Waals surface area contributed by atoms with Crippen LogP contribution in [0.25, 0.3) is 0 Å². The summed E-state index contributed by atoms with van der Waals surface area (Å²) < 4.78 is 25.5. The van der Waals surface area contributed by atoms with Gasteiger partial charge in [-0.25, -0.2) is 8.42 Å². The molecule has 0 aliphatic rings. The summed E-state index contributed by atoms with van der Waals surface area (Å²) in [4.78, 5) is 10.4. The third-order valence-electron chi connectivity index (χ3n) is 0.850. The number of carbonyl (C=O) groups is 1. The molecule has 0 aromatic heterocycles. The van der Waals surface area contributed by atoms with Crippen molar-refractivity contribution in [2.24, 2.45) is 0 Å². The zero-order valence-corrected chi connectivity index (χ0v) is 6.72. The first-order valence-electron chi connectivity index (χ1n) is 2.66. The topological polar surface area (TPSA) is 84.2 Å². The van der Waals surface area contributed by atoms with E-state index in [4.69, 9.17) is 5.26 Å². The fourth-order valence-corrected chi connectivity index (χ4v) is 1.16. The van der Waals surface area contributed by atoms with Crippen molar-refractivity contribution in [3.8, 4) is 6.07 Å². The van der Waals surface area contributed by atoms with Gasteiger partial charge < -0.3 is 4.74 Å². The third-order valence-corrected chi connectivity index (χ3v) is 2.09. The number of ether oxygens (including phenoxy) is 1. The molecule has 0 N–H and O–H groups in total. The lowest BCUT2D eigenvalue weighted by molar-refractivity contribution is -0.137. The lowest BCUT2D eigenvalue weighted by Gasteiger charge is -1.96. The van der Waals surface area contributed by atoms with Crippen LogP contribution in [0.4, 0.5) is 0 Å². The quantitative estimate of drug-likeness (QED) is 0.521. The number of methoxy groups -OCH3 is 1. The van der Waals surface area contributed by atoms with E-state index in [1.165, 1.54) is 6.07 Å². The number of carbonyl (C=O) groups excluding carboxylic acids is 1. The van der Waals surface area contributed by atoms with Crippen molar-refractivity contribution in [1.29, 1.82) is 5.26 Å². The Morgan fingerprint density at radius 2 is 2.18 bits per heavy atom. The molecule has 6 heteroatoms. The minimum absolute atomic E-state index is 0.651. The van der Waals surface area contributed by atoms with E-state index in [0.717, 1.165) is 7.11 Å². The maximum absolute atomic E-state index is 10.7. The number of esters is 1. The van der Waals surface area contributed by atoms with Gasteiger partial charge in [0, 0.05) is 0 Å². The molecule has 0 heterocycles. The monoisotopic (exact) mass is 177 g/mol. The summed E-state index contributed by atoms with van der Waals surface area (Å²) >= 11 is 0. The molecule has 0 fully saturated rings. The summed E-state index contributed by atoms with van der Waals surface area (Å²) in [5.41, 5.74) is 0. The molecule has 0 atom stereocenters. The smallest absolute Gasteiger partial charge is 0.320 e. The van der Waals surface area contributed by atoms with Gasteiger partial charge in [0.2, 0.25) is 0 Å². The van der Waals surface area contributed by atoms with E-state index in [-0.39, 0.29) is 0 Å². The highest BCUT2D eigenvalue weighted by atomic mass is 32.2. The Morgan fingerprint density at radius 1 is 1.64 bits per heavy atom. The predicted molar refractivity (Wildman–Crippen MR) is 36.3 cm³/mol. The minimum atomic E-state index is -3.58. The van der Waals surface area contributed by atoms with Gasteiger partial charge in [0.1, 0.15) is 11.5 Å². The standard InChI is InChI=1S/C5H7NO4S/c1-10-5(7)4-11(8,9)3-2-6/h3-4H2,1H3. The van der Waals surface area contributed by atoms with Crippen LogP contribution in [0.3, 0.4) is 0 Å². The van der Waals surface area contributed by atoms with E-state index < -0.39 is 27.3 Å². The van der Waals surface area contributed by atoms with Gasteiger partial charge in [-0.05, 0) is 0 Å². The zero-order valence-electron chi connectivity index (χ0n) is 5.90. The van der Waals surface area contributed by atoms with Crippen molar-refractivity contribution in [2.75, 3.05) is 18.6 Å². The molecule has 0 saturated carbocycles. The molecule has 0 bridgehead atoms. The molecule has 0 saturated heterocycles. The van der Waals surface area contributed by atoms with Gasteiger partial charge in [0.05, 0.1) is 13.2 Å². The molecular formula is C5H7NO4S.